The zero-order chi connectivity index (χ0) is 23.2. The highest BCUT2D eigenvalue weighted by atomic mass is 15.1. The van der Waals surface area contributed by atoms with Crippen molar-refractivity contribution in [1.82, 2.24) is 4.90 Å². The molecule has 0 N–H and O–H groups in total. The van der Waals surface area contributed by atoms with Crippen LogP contribution in [-0.4, -0.2) is 24.5 Å². The van der Waals surface area contributed by atoms with E-state index in [1.807, 2.05) is 0 Å². The van der Waals surface area contributed by atoms with Crippen molar-refractivity contribution >= 4 is 0 Å². The van der Waals surface area contributed by atoms with Crippen molar-refractivity contribution in [1.29, 1.82) is 0 Å². The van der Waals surface area contributed by atoms with Crippen LogP contribution in [0.4, 0.5) is 0 Å². The van der Waals surface area contributed by atoms with Gasteiger partial charge in [-0.1, -0.05) is 138 Å². The third kappa shape index (κ3) is 26.1. The second kappa shape index (κ2) is 23.1. The molecule has 0 rings (SSSR count). The Morgan fingerprint density at radius 1 is 0.323 bits per heavy atom. The van der Waals surface area contributed by atoms with E-state index in [2.05, 4.69) is 46.4 Å². The van der Waals surface area contributed by atoms with Gasteiger partial charge in [0.2, 0.25) is 0 Å². The highest BCUT2D eigenvalue weighted by Gasteiger charge is 2.05. The molecule has 0 aliphatic heterocycles. The first-order valence-electron chi connectivity index (χ1n) is 14.6. The molecule has 0 heterocycles. The molecular formula is C30H63N. The largest absolute Gasteiger partial charge is 0.303 e. The molecule has 0 fully saturated rings. The van der Waals surface area contributed by atoms with Crippen molar-refractivity contribution in [2.45, 2.75) is 157 Å². The zero-order valence-corrected chi connectivity index (χ0v) is 23.0. The molecule has 0 aromatic heterocycles. The number of hydrogen-bond donors (Lipinski definition) is 0. The fourth-order valence-electron chi connectivity index (χ4n) is 4.59. The lowest BCUT2D eigenvalue weighted by molar-refractivity contribution is 0.253. The third-order valence-corrected chi connectivity index (χ3v) is 6.77. The summed E-state index contributed by atoms with van der Waals surface area (Å²) in [6.07, 6.45) is 25.9. The molecule has 31 heavy (non-hydrogen) atoms. The van der Waals surface area contributed by atoms with E-state index in [-0.39, 0.29) is 0 Å². The minimum atomic E-state index is 0.881. The van der Waals surface area contributed by atoms with E-state index in [1.165, 1.54) is 135 Å². The van der Waals surface area contributed by atoms with Gasteiger partial charge in [-0.25, -0.2) is 0 Å². The summed E-state index contributed by atoms with van der Waals surface area (Å²) in [4.78, 5) is 2.82. The summed E-state index contributed by atoms with van der Waals surface area (Å²) in [7, 11) is 0. The monoisotopic (exact) mass is 437 g/mol. The average molecular weight is 438 g/mol. The van der Waals surface area contributed by atoms with E-state index in [1.54, 1.807) is 0 Å². The molecule has 0 aromatic carbocycles. The van der Waals surface area contributed by atoms with Gasteiger partial charge in [-0.2, -0.15) is 0 Å². The van der Waals surface area contributed by atoms with Crippen molar-refractivity contribution in [3.63, 3.8) is 0 Å². The molecule has 0 aromatic rings. The summed E-state index contributed by atoms with van der Waals surface area (Å²) in [6, 6.07) is 0. The Kier molecular flexibility index (Phi) is 23.1. The third-order valence-electron chi connectivity index (χ3n) is 6.77. The van der Waals surface area contributed by atoms with Crippen LogP contribution in [0.3, 0.4) is 0 Å². The number of hydrogen-bond acceptors (Lipinski definition) is 1. The van der Waals surface area contributed by atoms with Crippen LogP contribution in [0.1, 0.15) is 157 Å². The molecule has 0 bridgehead atoms. The normalized spacial score (nSPS) is 12.2. The second-order valence-corrected chi connectivity index (χ2v) is 11.7. The Morgan fingerprint density at radius 2 is 0.548 bits per heavy atom. The molecule has 0 aliphatic carbocycles. The van der Waals surface area contributed by atoms with Gasteiger partial charge in [-0.15, -0.1) is 0 Å². The van der Waals surface area contributed by atoms with Gasteiger partial charge in [0.25, 0.3) is 0 Å². The topological polar surface area (TPSA) is 3.24 Å². The van der Waals surface area contributed by atoms with Gasteiger partial charge in [0.1, 0.15) is 0 Å². The molecule has 1 nitrogen and oxygen atoms in total. The fourth-order valence-corrected chi connectivity index (χ4v) is 4.59. The Bertz CT molecular complexity index is 281. The van der Waals surface area contributed by atoms with Gasteiger partial charge in [0.15, 0.2) is 0 Å². The van der Waals surface area contributed by atoms with Crippen LogP contribution in [0.5, 0.6) is 0 Å². The summed E-state index contributed by atoms with van der Waals surface area (Å²) in [5, 5.41) is 0. The maximum Gasteiger partial charge on any atom is -0.00187 e. The van der Waals surface area contributed by atoms with E-state index in [0.29, 0.717) is 0 Å². The minimum Gasteiger partial charge on any atom is -0.303 e. The van der Waals surface area contributed by atoms with E-state index in [9.17, 15) is 0 Å². The smallest absolute Gasteiger partial charge is 0.00187 e. The van der Waals surface area contributed by atoms with Gasteiger partial charge in [-0.3, -0.25) is 0 Å². The maximum atomic E-state index is 2.82. The van der Waals surface area contributed by atoms with E-state index in [0.717, 1.165) is 17.8 Å². The van der Waals surface area contributed by atoms with Crippen LogP contribution >= 0.6 is 0 Å². The molecule has 0 unspecified atom stereocenters. The SMILES string of the molecule is CC(C)CCCCCCCN(CCCCCCCC(C)C)CCCCCCCC(C)C. The first kappa shape index (κ1) is 31.0. The molecule has 0 saturated heterocycles. The Hall–Kier alpha value is -0.0400. The molecule has 1 heteroatoms. The minimum absolute atomic E-state index is 0.881. The fraction of sp³-hybridized carbons (Fsp3) is 1.00. The summed E-state index contributed by atoms with van der Waals surface area (Å²) in [6.45, 7) is 18.2. The van der Waals surface area contributed by atoms with Crippen molar-refractivity contribution in [3.05, 3.63) is 0 Å². The molecule has 0 saturated carbocycles. The number of nitrogens with zero attached hydrogens (tertiary/aromatic N) is 1. The van der Waals surface area contributed by atoms with Crippen molar-refractivity contribution < 1.29 is 0 Å². The zero-order valence-electron chi connectivity index (χ0n) is 23.0. The second-order valence-electron chi connectivity index (χ2n) is 11.7. The highest BCUT2D eigenvalue weighted by molar-refractivity contribution is 4.61. The van der Waals surface area contributed by atoms with Crippen LogP contribution in [0.2, 0.25) is 0 Å². The van der Waals surface area contributed by atoms with Gasteiger partial charge < -0.3 is 4.90 Å². The predicted molar refractivity (Wildman–Crippen MR) is 144 cm³/mol. The average Bonchev–Trinajstić information content (AvgIpc) is 2.70. The highest BCUT2D eigenvalue weighted by Crippen LogP contribution is 2.14. The summed E-state index contributed by atoms with van der Waals surface area (Å²) in [5.74, 6) is 2.64. The van der Waals surface area contributed by atoms with Crippen LogP contribution in [0.25, 0.3) is 0 Å². The van der Waals surface area contributed by atoms with Crippen LogP contribution in [0.15, 0.2) is 0 Å². The predicted octanol–water partition coefficient (Wildman–Crippen LogP) is 10.3. The van der Waals surface area contributed by atoms with Gasteiger partial charge in [-0.05, 0) is 56.7 Å². The van der Waals surface area contributed by atoms with Gasteiger partial charge >= 0.3 is 0 Å². The standard InChI is InChI=1S/C30H63N/c1-28(2)22-16-10-7-13-19-25-31(26-20-14-8-11-17-23-29(3)4)27-21-15-9-12-18-24-30(5)6/h28-30H,7-27H2,1-6H3. The lowest BCUT2D eigenvalue weighted by Gasteiger charge is -2.22. The van der Waals surface area contributed by atoms with Gasteiger partial charge in [0, 0.05) is 0 Å². The maximum absolute atomic E-state index is 2.82. The first-order valence-corrected chi connectivity index (χ1v) is 14.6. The van der Waals surface area contributed by atoms with Crippen LogP contribution < -0.4 is 0 Å². The van der Waals surface area contributed by atoms with Gasteiger partial charge in [0.05, 0.1) is 0 Å². The van der Waals surface area contributed by atoms with Crippen LogP contribution in [0, 0.1) is 17.8 Å². The summed E-state index contributed by atoms with van der Waals surface area (Å²) >= 11 is 0. The summed E-state index contributed by atoms with van der Waals surface area (Å²) < 4.78 is 0. The molecule has 0 aliphatic rings. The lowest BCUT2D eigenvalue weighted by Crippen LogP contribution is -2.27. The quantitative estimate of drug-likeness (QED) is 0.136. The lowest BCUT2D eigenvalue weighted by atomic mass is 10.0. The molecule has 0 spiro atoms. The molecule has 0 radical (unpaired) electrons. The summed E-state index contributed by atoms with van der Waals surface area (Å²) in [5.41, 5.74) is 0. The molecular weight excluding hydrogens is 374 g/mol. The van der Waals surface area contributed by atoms with Crippen molar-refractivity contribution in [2.75, 3.05) is 19.6 Å². The Balaban J connectivity index is 3.90. The van der Waals surface area contributed by atoms with E-state index >= 15 is 0 Å². The number of unbranched alkanes of at least 4 members (excludes halogenated alkanes) is 12. The number of rotatable bonds is 24. The van der Waals surface area contributed by atoms with E-state index < -0.39 is 0 Å². The molecule has 188 valence electrons. The Labute approximate surface area is 199 Å². The van der Waals surface area contributed by atoms with E-state index in [4.69, 9.17) is 0 Å². The molecule has 0 amide bonds. The van der Waals surface area contributed by atoms with Crippen molar-refractivity contribution in [2.24, 2.45) is 17.8 Å². The first-order chi connectivity index (χ1) is 14.9. The molecule has 0 atom stereocenters. The Morgan fingerprint density at radius 3 is 0.806 bits per heavy atom. The van der Waals surface area contributed by atoms with Crippen molar-refractivity contribution in [3.8, 4) is 0 Å². The van der Waals surface area contributed by atoms with Crippen LogP contribution in [-0.2, 0) is 0 Å².